The van der Waals surface area contributed by atoms with E-state index in [1.807, 2.05) is 60.7 Å². The lowest BCUT2D eigenvalue weighted by Crippen LogP contribution is -2.39. The number of piperidine rings is 1. The van der Waals surface area contributed by atoms with Gasteiger partial charge in [-0.05, 0) is 66.9 Å². The van der Waals surface area contributed by atoms with Crippen molar-refractivity contribution in [3.8, 4) is 23.0 Å². The number of carboxylic acids is 1. The van der Waals surface area contributed by atoms with Crippen molar-refractivity contribution in [1.29, 1.82) is 0 Å². The Hall–Kier alpha value is -3.71. The minimum absolute atomic E-state index is 0.138. The van der Waals surface area contributed by atoms with E-state index >= 15 is 0 Å². The lowest BCUT2D eigenvalue weighted by molar-refractivity contribution is -0.143. The molecule has 7 heteroatoms. The summed E-state index contributed by atoms with van der Waals surface area (Å²) in [6, 6.07) is 21.7. The smallest absolute Gasteiger partial charge is 0.306 e. The van der Waals surface area contributed by atoms with Gasteiger partial charge in [0.05, 0.1) is 33.3 Å². The molecule has 0 bridgehead atoms. The van der Waals surface area contributed by atoms with Gasteiger partial charge in [0, 0.05) is 0 Å². The van der Waals surface area contributed by atoms with Crippen LogP contribution in [-0.4, -0.2) is 50.4 Å². The first-order valence-electron chi connectivity index (χ1n) is 12.1. The summed E-state index contributed by atoms with van der Waals surface area (Å²) in [4.78, 5) is 13.9. The van der Waals surface area contributed by atoms with E-state index in [9.17, 15) is 9.90 Å². The van der Waals surface area contributed by atoms with E-state index in [0.717, 1.165) is 22.4 Å². The Kier molecular flexibility index (Phi) is 8.33. The van der Waals surface area contributed by atoms with E-state index in [-0.39, 0.29) is 12.0 Å². The highest BCUT2D eigenvalue weighted by molar-refractivity contribution is 5.70. The van der Waals surface area contributed by atoms with Crippen LogP contribution in [0.2, 0.25) is 0 Å². The summed E-state index contributed by atoms with van der Waals surface area (Å²) in [6.45, 7) is 1.71. The Labute approximate surface area is 212 Å². The van der Waals surface area contributed by atoms with Crippen LogP contribution < -0.4 is 18.9 Å². The minimum atomic E-state index is -0.726. The Morgan fingerprint density at radius 1 is 0.889 bits per heavy atom. The summed E-state index contributed by atoms with van der Waals surface area (Å²) in [5, 5.41) is 9.48. The predicted octanol–water partition coefficient (Wildman–Crippen LogP) is 5.18. The molecule has 1 fully saturated rings. The molecule has 0 aliphatic carbocycles. The van der Waals surface area contributed by atoms with Gasteiger partial charge in [0.2, 0.25) is 5.75 Å². The molecule has 0 radical (unpaired) electrons. The van der Waals surface area contributed by atoms with Gasteiger partial charge in [0.15, 0.2) is 11.5 Å². The maximum Gasteiger partial charge on any atom is 0.306 e. The average molecular weight is 492 g/mol. The summed E-state index contributed by atoms with van der Waals surface area (Å²) in [7, 11) is 4.89. The molecule has 3 aromatic carbocycles. The monoisotopic (exact) mass is 491 g/mol. The quantitative estimate of drug-likeness (QED) is 0.419. The number of nitrogens with zero attached hydrogens (tertiary/aromatic N) is 1. The van der Waals surface area contributed by atoms with Gasteiger partial charge in [-0.15, -0.1) is 0 Å². The third kappa shape index (κ3) is 5.74. The second-order valence-electron chi connectivity index (χ2n) is 8.86. The average Bonchev–Trinajstić information content (AvgIpc) is 2.92. The highest BCUT2D eigenvalue weighted by atomic mass is 16.5. The fraction of sp³-hybridized carbons (Fsp3) is 0.345. The normalized spacial score (nSPS) is 15.2. The maximum atomic E-state index is 11.5. The zero-order valence-corrected chi connectivity index (χ0v) is 21.0. The van der Waals surface area contributed by atoms with Crippen LogP contribution in [0.4, 0.5) is 0 Å². The molecule has 1 saturated heterocycles. The Morgan fingerprint density at radius 3 is 2.14 bits per heavy atom. The van der Waals surface area contributed by atoms with Crippen molar-refractivity contribution in [2.45, 2.75) is 25.5 Å². The van der Waals surface area contributed by atoms with Gasteiger partial charge in [-0.25, -0.2) is 0 Å². The van der Waals surface area contributed by atoms with Crippen molar-refractivity contribution in [1.82, 2.24) is 4.90 Å². The van der Waals surface area contributed by atoms with Crippen molar-refractivity contribution in [3.63, 3.8) is 0 Å². The van der Waals surface area contributed by atoms with Crippen molar-refractivity contribution < 1.29 is 28.8 Å². The van der Waals surface area contributed by atoms with Crippen LogP contribution in [0.15, 0.2) is 66.7 Å². The predicted molar refractivity (Wildman–Crippen MR) is 137 cm³/mol. The van der Waals surface area contributed by atoms with Gasteiger partial charge >= 0.3 is 5.97 Å². The van der Waals surface area contributed by atoms with Crippen LogP contribution in [-0.2, 0) is 11.4 Å². The number of carboxylic acid groups (broad SMARTS) is 1. The van der Waals surface area contributed by atoms with Gasteiger partial charge in [0.1, 0.15) is 12.4 Å². The Balaban J connectivity index is 1.71. The van der Waals surface area contributed by atoms with E-state index in [4.69, 9.17) is 18.9 Å². The fourth-order valence-electron chi connectivity index (χ4n) is 4.76. The second kappa shape index (κ2) is 11.8. The largest absolute Gasteiger partial charge is 0.497 e. The van der Waals surface area contributed by atoms with Crippen molar-refractivity contribution in [2.24, 2.45) is 5.92 Å². The highest BCUT2D eigenvalue weighted by Crippen LogP contribution is 2.43. The molecule has 36 heavy (non-hydrogen) atoms. The number of methoxy groups -OCH3 is 3. The highest BCUT2D eigenvalue weighted by Gasteiger charge is 2.31. The molecule has 3 aromatic rings. The molecule has 1 unspecified atom stereocenters. The number of hydrogen-bond donors (Lipinski definition) is 1. The molecular weight excluding hydrogens is 458 g/mol. The van der Waals surface area contributed by atoms with Crippen LogP contribution in [0, 0.1) is 5.92 Å². The zero-order valence-electron chi connectivity index (χ0n) is 21.0. The van der Waals surface area contributed by atoms with Gasteiger partial charge in [-0.2, -0.15) is 0 Å². The summed E-state index contributed by atoms with van der Waals surface area (Å²) in [5.41, 5.74) is 3.06. The summed E-state index contributed by atoms with van der Waals surface area (Å²) >= 11 is 0. The molecule has 0 aromatic heterocycles. The summed E-state index contributed by atoms with van der Waals surface area (Å²) in [5.74, 6) is 1.42. The van der Waals surface area contributed by atoms with E-state index in [1.165, 1.54) is 0 Å². The molecule has 0 amide bonds. The van der Waals surface area contributed by atoms with E-state index < -0.39 is 5.97 Å². The molecule has 7 nitrogen and oxygen atoms in total. The third-order valence-electron chi connectivity index (χ3n) is 6.68. The molecule has 1 aliphatic rings. The topological polar surface area (TPSA) is 77.5 Å². The van der Waals surface area contributed by atoms with Gasteiger partial charge in [-0.1, -0.05) is 42.5 Å². The number of aliphatic carboxylic acids is 1. The number of likely N-dealkylation sites (tertiary alicyclic amines) is 1. The molecular formula is C29H33NO6. The molecule has 1 atom stereocenters. The number of hydrogen-bond acceptors (Lipinski definition) is 6. The van der Waals surface area contributed by atoms with Crippen LogP contribution in [0.1, 0.15) is 35.6 Å². The van der Waals surface area contributed by atoms with Crippen LogP contribution in [0.25, 0.3) is 0 Å². The van der Waals surface area contributed by atoms with Crippen LogP contribution in [0.3, 0.4) is 0 Å². The van der Waals surface area contributed by atoms with Gasteiger partial charge in [-0.3, -0.25) is 9.69 Å². The molecule has 1 heterocycles. The first-order chi connectivity index (χ1) is 17.5. The second-order valence-corrected chi connectivity index (χ2v) is 8.86. The first kappa shape index (κ1) is 25.4. The van der Waals surface area contributed by atoms with Crippen molar-refractivity contribution in [2.75, 3.05) is 34.4 Å². The van der Waals surface area contributed by atoms with Crippen LogP contribution >= 0.6 is 0 Å². The van der Waals surface area contributed by atoms with E-state index in [1.54, 1.807) is 21.3 Å². The molecule has 0 saturated carbocycles. The molecule has 190 valence electrons. The summed E-state index contributed by atoms with van der Waals surface area (Å²) in [6.07, 6.45) is 1.20. The zero-order chi connectivity index (χ0) is 25.5. The van der Waals surface area contributed by atoms with Gasteiger partial charge in [0.25, 0.3) is 0 Å². The van der Waals surface area contributed by atoms with E-state index in [2.05, 4.69) is 11.0 Å². The van der Waals surface area contributed by atoms with Gasteiger partial charge < -0.3 is 24.1 Å². The Morgan fingerprint density at radius 2 is 1.56 bits per heavy atom. The lowest BCUT2D eigenvalue weighted by atomic mass is 9.91. The number of rotatable bonds is 10. The lowest BCUT2D eigenvalue weighted by Gasteiger charge is -2.37. The molecule has 4 rings (SSSR count). The third-order valence-corrected chi connectivity index (χ3v) is 6.68. The molecule has 1 N–H and O–H groups in total. The fourth-order valence-corrected chi connectivity index (χ4v) is 4.76. The van der Waals surface area contributed by atoms with Crippen molar-refractivity contribution in [3.05, 3.63) is 83.4 Å². The Bertz CT molecular complexity index is 1130. The molecule has 1 aliphatic heterocycles. The molecule has 0 spiro atoms. The number of ether oxygens (including phenoxy) is 4. The van der Waals surface area contributed by atoms with E-state index in [0.29, 0.717) is 49.8 Å². The summed E-state index contributed by atoms with van der Waals surface area (Å²) < 4.78 is 23.2. The number of benzene rings is 3. The van der Waals surface area contributed by atoms with Crippen LogP contribution in [0.5, 0.6) is 23.0 Å². The SMILES string of the molecule is COc1cccc(C(c2cc(OC)c(OCc3ccccc3)c(OC)c2)N2CCC(C(=O)O)CC2)c1. The standard InChI is InChI=1S/C29H33NO6/c1-33-24-11-7-10-22(16-24)27(30-14-12-21(13-15-30)29(31)32)23-17-25(34-2)28(26(18-23)35-3)36-19-20-8-5-4-6-9-20/h4-11,16-18,21,27H,12-15,19H2,1-3H3,(H,31,32). The maximum absolute atomic E-state index is 11.5. The number of carbonyl (C=O) groups is 1. The first-order valence-corrected chi connectivity index (χ1v) is 12.1. The van der Waals surface area contributed by atoms with Crippen molar-refractivity contribution >= 4 is 5.97 Å². The minimum Gasteiger partial charge on any atom is -0.497 e.